The van der Waals surface area contributed by atoms with Gasteiger partial charge in [-0.2, -0.15) is 0 Å². The quantitative estimate of drug-likeness (QED) is 0.409. The lowest BCUT2D eigenvalue weighted by Gasteiger charge is -2.15. The van der Waals surface area contributed by atoms with Gasteiger partial charge in [-0.1, -0.05) is 0 Å². The van der Waals surface area contributed by atoms with Crippen LogP contribution in [0.5, 0.6) is 0 Å². The highest BCUT2D eigenvalue weighted by atomic mass is 16.6. The number of carboxylic acids is 2. The van der Waals surface area contributed by atoms with E-state index in [1.54, 1.807) is 0 Å². The minimum absolute atomic E-state index is 0.694. The molecule has 0 unspecified atom stereocenters. The summed E-state index contributed by atoms with van der Waals surface area (Å²) in [5.74, 6) is -4.42. The first-order valence-corrected chi connectivity index (χ1v) is 2.88. The Morgan fingerprint density at radius 3 is 2.00 bits per heavy atom. The standard InChI is InChI=1S/C6H4O6/c7-3-1-2-6(12-3,4(8)9)5(10)11/h1-2H,(H,8,9)(H,10,11). The summed E-state index contributed by atoms with van der Waals surface area (Å²) >= 11 is 0. The molecule has 0 spiro atoms. The van der Waals surface area contributed by atoms with Crippen LogP contribution in [-0.2, 0) is 19.1 Å². The fourth-order valence-corrected chi connectivity index (χ4v) is 0.733. The van der Waals surface area contributed by atoms with Gasteiger partial charge in [0.05, 0.1) is 0 Å². The van der Waals surface area contributed by atoms with E-state index in [0.29, 0.717) is 6.08 Å². The predicted molar refractivity (Wildman–Crippen MR) is 33.2 cm³/mol. The Morgan fingerprint density at radius 2 is 1.83 bits per heavy atom. The Morgan fingerprint density at radius 1 is 1.33 bits per heavy atom. The summed E-state index contributed by atoms with van der Waals surface area (Å²) in [4.78, 5) is 31.2. The van der Waals surface area contributed by atoms with Crippen molar-refractivity contribution in [3.8, 4) is 0 Å². The van der Waals surface area contributed by atoms with Gasteiger partial charge in [0.2, 0.25) is 0 Å². The SMILES string of the molecule is O=C1C=CC(C(=O)O)(C(=O)O)O1. The Bertz CT molecular complexity index is 274. The molecule has 1 rings (SSSR count). The van der Waals surface area contributed by atoms with Crippen molar-refractivity contribution in [1.82, 2.24) is 0 Å². The molecule has 6 heteroatoms. The monoisotopic (exact) mass is 172 g/mol. The van der Waals surface area contributed by atoms with Gasteiger partial charge in [0.1, 0.15) is 0 Å². The molecule has 0 atom stereocenters. The van der Waals surface area contributed by atoms with Crippen molar-refractivity contribution < 1.29 is 29.3 Å². The molecule has 0 saturated heterocycles. The molecule has 6 nitrogen and oxygen atoms in total. The number of rotatable bonds is 2. The maximum absolute atomic E-state index is 10.4. The molecule has 12 heavy (non-hydrogen) atoms. The Kier molecular flexibility index (Phi) is 1.60. The summed E-state index contributed by atoms with van der Waals surface area (Å²) in [6.07, 6.45) is 1.46. The average molecular weight is 172 g/mol. The summed E-state index contributed by atoms with van der Waals surface area (Å²) in [6.45, 7) is 0. The molecular formula is C6H4O6. The molecule has 1 aliphatic rings. The van der Waals surface area contributed by atoms with Gasteiger partial charge < -0.3 is 14.9 Å². The number of esters is 1. The number of cyclic esters (lactones) is 1. The Balaban J connectivity index is 3.07. The lowest BCUT2D eigenvalue weighted by molar-refractivity contribution is -0.179. The molecule has 0 bridgehead atoms. The molecule has 0 aromatic carbocycles. The molecule has 1 heterocycles. The molecule has 0 saturated carbocycles. The van der Waals surface area contributed by atoms with E-state index < -0.39 is 23.5 Å². The van der Waals surface area contributed by atoms with E-state index in [1.165, 1.54) is 0 Å². The minimum atomic E-state index is -2.53. The van der Waals surface area contributed by atoms with Crippen LogP contribution in [0.1, 0.15) is 0 Å². The van der Waals surface area contributed by atoms with Crippen molar-refractivity contribution in [3.63, 3.8) is 0 Å². The van der Waals surface area contributed by atoms with Crippen molar-refractivity contribution in [2.45, 2.75) is 5.60 Å². The van der Waals surface area contributed by atoms with Gasteiger partial charge in [0.15, 0.2) is 0 Å². The molecule has 0 aromatic rings. The third-order valence-corrected chi connectivity index (χ3v) is 1.35. The maximum Gasteiger partial charge on any atom is 0.364 e. The number of carboxylic acid groups (broad SMARTS) is 2. The molecule has 0 amide bonds. The van der Waals surface area contributed by atoms with Gasteiger partial charge in [-0.05, 0) is 6.08 Å². The zero-order valence-corrected chi connectivity index (χ0v) is 5.68. The van der Waals surface area contributed by atoms with Crippen molar-refractivity contribution in [2.24, 2.45) is 0 Å². The second kappa shape index (κ2) is 2.33. The third-order valence-electron chi connectivity index (χ3n) is 1.35. The Hall–Kier alpha value is -1.85. The van der Waals surface area contributed by atoms with Gasteiger partial charge >= 0.3 is 23.5 Å². The van der Waals surface area contributed by atoms with E-state index in [1.807, 2.05) is 0 Å². The maximum atomic E-state index is 10.4. The molecule has 0 aromatic heterocycles. The molecule has 1 aliphatic heterocycles. The van der Waals surface area contributed by atoms with Crippen molar-refractivity contribution in [3.05, 3.63) is 12.2 Å². The second-order valence-corrected chi connectivity index (χ2v) is 2.10. The highest BCUT2D eigenvalue weighted by Gasteiger charge is 2.51. The average Bonchev–Trinajstić information content (AvgIpc) is 2.32. The summed E-state index contributed by atoms with van der Waals surface area (Å²) in [6, 6.07) is 0. The zero-order valence-electron chi connectivity index (χ0n) is 5.68. The van der Waals surface area contributed by atoms with Crippen LogP contribution in [0, 0.1) is 0 Å². The first kappa shape index (κ1) is 8.25. The molecule has 0 aliphatic carbocycles. The number of carbonyl (C=O) groups excluding carboxylic acids is 1. The fourth-order valence-electron chi connectivity index (χ4n) is 0.733. The van der Waals surface area contributed by atoms with Crippen molar-refractivity contribution in [2.75, 3.05) is 0 Å². The molecule has 2 N–H and O–H groups in total. The number of hydrogen-bond donors (Lipinski definition) is 2. The second-order valence-electron chi connectivity index (χ2n) is 2.10. The summed E-state index contributed by atoms with van der Waals surface area (Å²) in [7, 11) is 0. The van der Waals surface area contributed by atoms with Crippen LogP contribution in [0.2, 0.25) is 0 Å². The van der Waals surface area contributed by atoms with Gasteiger partial charge in [-0.15, -0.1) is 0 Å². The van der Waals surface area contributed by atoms with E-state index >= 15 is 0 Å². The van der Waals surface area contributed by atoms with E-state index in [9.17, 15) is 14.4 Å². The number of aliphatic carboxylic acids is 2. The predicted octanol–water partition coefficient (Wildman–Crippen LogP) is -0.993. The smallest absolute Gasteiger partial charge is 0.364 e. The van der Waals surface area contributed by atoms with E-state index in [2.05, 4.69) is 4.74 Å². The van der Waals surface area contributed by atoms with Crippen molar-refractivity contribution in [1.29, 1.82) is 0 Å². The van der Waals surface area contributed by atoms with E-state index in [0.717, 1.165) is 6.08 Å². The van der Waals surface area contributed by atoms with Crippen LogP contribution in [0.4, 0.5) is 0 Å². The van der Waals surface area contributed by atoms with Gasteiger partial charge in [-0.3, -0.25) is 0 Å². The van der Waals surface area contributed by atoms with Crippen molar-refractivity contribution >= 4 is 17.9 Å². The summed E-state index contributed by atoms with van der Waals surface area (Å²) in [5.41, 5.74) is -2.53. The minimum Gasteiger partial charge on any atom is -0.478 e. The van der Waals surface area contributed by atoms with Crippen LogP contribution in [0.3, 0.4) is 0 Å². The highest BCUT2D eigenvalue weighted by molar-refractivity contribution is 6.09. The molecule has 0 radical (unpaired) electrons. The molecular weight excluding hydrogens is 168 g/mol. The number of hydrogen-bond acceptors (Lipinski definition) is 4. The summed E-state index contributed by atoms with van der Waals surface area (Å²) in [5, 5.41) is 16.9. The van der Waals surface area contributed by atoms with Gasteiger partial charge in [-0.25, -0.2) is 14.4 Å². The number of ether oxygens (including phenoxy) is 1. The first-order valence-electron chi connectivity index (χ1n) is 2.88. The van der Waals surface area contributed by atoms with Gasteiger partial charge in [0, 0.05) is 6.08 Å². The fraction of sp³-hybridized carbons (Fsp3) is 0.167. The summed E-state index contributed by atoms with van der Waals surface area (Å²) < 4.78 is 4.12. The third kappa shape index (κ3) is 0.931. The molecule has 0 fully saturated rings. The Labute approximate surface area is 66.1 Å². The van der Waals surface area contributed by atoms with Crippen LogP contribution >= 0.6 is 0 Å². The van der Waals surface area contributed by atoms with E-state index in [4.69, 9.17) is 10.2 Å². The number of carbonyl (C=O) groups is 3. The lowest BCUT2D eigenvalue weighted by Crippen LogP contribution is -2.45. The van der Waals surface area contributed by atoms with Gasteiger partial charge in [0.25, 0.3) is 0 Å². The van der Waals surface area contributed by atoms with E-state index in [-0.39, 0.29) is 0 Å². The van der Waals surface area contributed by atoms with Crippen LogP contribution < -0.4 is 0 Å². The zero-order chi connectivity index (χ0) is 9.35. The molecule has 64 valence electrons. The topological polar surface area (TPSA) is 101 Å². The van der Waals surface area contributed by atoms with Crippen LogP contribution in [-0.4, -0.2) is 33.7 Å². The highest BCUT2D eigenvalue weighted by Crippen LogP contribution is 2.20. The first-order chi connectivity index (χ1) is 5.49. The van der Waals surface area contributed by atoms with Crippen LogP contribution in [0.15, 0.2) is 12.2 Å². The lowest BCUT2D eigenvalue weighted by atomic mass is 10.1. The normalized spacial score (nSPS) is 18.8. The van der Waals surface area contributed by atoms with Crippen LogP contribution in [0.25, 0.3) is 0 Å². The largest absolute Gasteiger partial charge is 0.478 e.